The Morgan fingerprint density at radius 1 is 1.24 bits per heavy atom. The van der Waals surface area contributed by atoms with Crippen LogP contribution < -0.4 is 10.6 Å². The van der Waals surface area contributed by atoms with E-state index in [2.05, 4.69) is 36.3 Å². The molecule has 0 saturated carbocycles. The molecule has 0 saturated heterocycles. The van der Waals surface area contributed by atoms with Gasteiger partial charge in [0.25, 0.3) is 5.91 Å². The number of para-hydroxylation sites is 1. The van der Waals surface area contributed by atoms with Crippen molar-refractivity contribution < 1.29 is 4.79 Å². The first-order valence-electron chi connectivity index (χ1n) is 7.74. The summed E-state index contributed by atoms with van der Waals surface area (Å²) in [4.78, 5) is 14.7. The van der Waals surface area contributed by atoms with Crippen LogP contribution in [0, 0.1) is 5.92 Å². The number of anilines is 1. The fourth-order valence-corrected chi connectivity index (χ4v) is 2.16. The molecule has 0 aliphatic heterocycles. The van der Waals surface area contributed by atoms with Crippen molar-refractivity contribution in [3.8, 4) is 0 Å². The van der Waals surface area contributed by atoms with E-state index < -0.39 is 0 Å². The van der Waals surface area contributed by atoms with Crippen LogP contribution in [0.3, 0.4) is 0 Å². The minimum absolute atomic E-state index is 0.00486. The lowest BCUT2D eigenvalue weighted by atomic mass is 10.0. The van der Waals surface area contributed by atoms with Crippen LogP contribution in [0.15, 0.2) is 24.3 Å². The molecule has 1 atom stereocenters. The number of rotatable bonds is 8. The van der Waals surface area contributed by atoms with Crippen molar-refractivity contribution in [2.24, 2.45) is 5.92 Å². The Bertz CT molecular complexity index is 443. The van der Waals surface area contributed by atoms with E-state index in [1.54, 1.807) is 0 Å². The fourth-order valence-electron chi connectivity index (χ4n) is 2.16. The van der Waals surface area contributed by atoms with Crippen LogP contribution in [0.1, 0.15) is 37.6 Å². The first-order chi connectivity index (χ1) is 9.95. The van der Waals surface area contributed by atoms with Gasteiger partial charge in [-0.05, 0) is 38.6 Å². The van der Waals surface area contributed by atoms with Gasteiger partial charge in [-0.2, -0.15) is 0 Å². The summed E-state index contributed by atoms with van der Waals surface area (Å²) in [5.74, 6) is 0.391. The summed E-state index contributed by atoms with van der Waals surface area (Å²) >= 11 is 0. The van der Waals surface area contributed by atoms with Gasteiger partial charge in [-0.1, -0.05) is 32.9 Å². The summed E-state index contributed by atoms with van der Waals surface area (Å²) in [6.07, 6.45) is 1.03. The Morgan fingerprint density at radius 2 is 1.90 bits per heavy atom. The summed E-state index contributed by atoms with van der Waals surface area (Å²) in [5, 5.41) is 6.48. The maximum atomic E-state index is 12.6. The Kier molecular flexibility index (Phi) is 7.23. The van der Waals surface area contributed by atoms with Crippen LogP contribution in [-0.4, -0.2) is 44.0 Å². The van der Waals surface area contributed by atoms with Crippen LogP contribution in [0.4, 0.5) is 5.69 Å². The lowest BCUT2D eigenvalue weighted by molar-refractivity contribution is 0.0917. The highest BCUT2D eigenvalue weighted by Gasteiger charge is 2.19. The number of nitrogens with one attached hydrogen (secondary N) is 2. The quantitative estimate of drug-likeness (QED) is 0.774. The summed E-state index contributed by atoms with van der Waals surface area (Å²) in [5.41, 5.74) is 1.62. The highest BCUT2D eigenvalue weighted by atomic mass is 16.1. The third-order valence-corrected chi connectivity index (χ3v) is 3.42. The minimum atomic E-state index is -0.00486. The van der Waals surface area contributed by atoms with E-state index in [1.807, 2.05) is 38.4 Å². The third kappa shape index (κ3) is 5.76. The molecule has 0 radical (unpaired) electrons. The van der Waals surface area contributed by atoms with Crippen molar-refractivity contribution >= 4 is 11.6 Å². The number of hydrogen-bond donors (Lipinski definition) is 2. The second-order valence-corrected chi connectivity index (χ2v) is 6.06. The summed E-state index contributed by atoms with van der Waals surface area (Å²) in [6.45, 7) is 8.09. The number of carbonyl (C=O) groups excluding carboxylic acids is 1. The molecule has 1 rings (SSSR count). The van der Waals surface area contributed by atoms with Crippen molar-refractivity contribution in [2.75, 3.05) is 32.5 Å². The number of carbonyl (C=O) groups is 1. The summed E-state index contributed by atoms with van der Waals surface area (Å²) in [6, 6.07) is 7.84. The monoisotopic (exact) mass is 291 g/mol. The Hall–Kier alpha value is -1.55. The van der Waals surface area contributed by atoms with Gasteiger partial charge in [-0.3, -0.25) is 4.79 Å². The highest BCUT2D eigenvalue weighted by Crippen LogP contribution is 2.16. The van der Waals surface area contributed by atoms with Crippen molar-refractivity contribution in [1.82, 2.24) is 10.2 Å². The molecule has 1 unspecified atom stereocenters. The number of likely N-dealkylation sites (N-methyl/N-ethyl adjacent to an activating group) is 1. The fraction of sp³-hybridized carbons (Fsp3) is 0.588. The standard InChI is InChI=1S/C17H29N3O/c1-6-11-18-15-10-8-7-9-14(15)17(21)19-16(13(2)3)12-20(4)5/h7-10,13,16,18H,6,11-12H2,1-5H3,(H,19,21). The molecule has 2 N–H and O–H groups in total. The molecular weight excluding hydrogens is 262 g/mol. The van der Waals surface area contributed by atoms with Crippen molar-refractivity contribution in [3.05, 3.63) is 29.8 Å². The van der Waals surface area contributed by atoms with Gasteiger partial charge in [-0.25, -0.2) is 0 Å². The molecule has 1 aromatic rings. The van der Waals surface area contributed by atoms with Crippen LogP contribution in [0.25, 0.3) is 0 Å². The van der Waals surface area contributed by atoms with E-state index in [9.17, 15) is 4.79 Å². The first kappa shape index (κ1) is 17.5. The first-order valence-corrected chi connectivity index (χ1v) is 7.74. The molecular formula is C17H29N3O. The Balaban J connectivity index is 2.82. The maximum absolute atomic E-state index is 12.6. The van der Waals surface area contributed by atoms with E-state index in [1.165, 1.54) is 0 Å². The van der Waals surface area contributed by atoms with Gasteiger partial charge in [-0.15, -0.1) is 0 Å². The molecule has 21 heavy (non-hydrogen) atoms. The second-order valence-electron chi connectivity index (χ2n) is 6.06. The molecule has 0 aliphatic rings. The molecule has 1 amide bonds. The summed E-state index contributed by atoms with van der Waals surface area (Å²) < 4.78 is 0. The van der Waals surface area contributed by atoms with Gasteiger partial charge < -0.3 is 15.5 Å². The predicted octanol–water partition coefficient (Wildman–Crippen LogP) is 2.82. The average molecular weight is 291 g/mol. The third-order valence-electron chi connectivity index (χ3n) is 3.42. The maximum Gasteiger partial charge on any atom is 0.253 e. The van der Waals surface area contributed by atoms with Crippen molar-refractivity contribution in [1.29, 1.82) is 0 Å². The van der Waals surface area contributed by atoms with Crippen LogP contribution in [0.2, 0.25) is 0 Å². The predicted molar refractivity (Wildman–Crippen MR) is 89.9 cm³/mol. The van der Waals surface area contributed by atoms with Crippen LogP contribution in [0.5, 0.6) is 0 Å². The van der Waals surface area contributed by atoms with Crippen LogP contribution >= 0.6 is 0 Å². The molecule has 118 valence electrons. The SMILES string of the molecule is CCCNc1ccccc1C(=O)NC(CN(C)C)C(C)C. The van der Waals surface area contributed by atoms with Gasteiger partial charge in [0.05, 0.1) is 5.56 Å². The number of amides is 1. The molecule has 4 heteroatoms. The smallest absolute Gasteiger partial charge is 0.253 e. The van der Waals surface area contributed by atoms with Crippen molar-refractivity contribution in [3.63, 3.8) is 0 Å². The minimum Gasteiger partial charge on any atom is -0.384 e. The molecule has 0 aromatic heterocycles. The van der Waals surface area contributed by atoms with Gasteiger partial charge in [0.1, 0.15) is 0 Å². The number of benzene rings is 1. The normalized spacial score (nSPS) is 12.5. The molecule has 1 aromatic carbocycles. The zero-order chi connectivity index (χ0) is 15.8. The Morgan fingerprint density at radius 3 is 2.48 bits per heavy atom. The molecule has 0 spiro atoms. The molecule has 0 aliphatic carbocycles. The molecule has 4 nitrogen and oxygen atoms in total. The molecule has 0 bridgehead atoms. The zero-order valence-corrected chi connectivity index (χ0v) is 13.9. The second kappa shape index (κ2) is 8.67. The van der Waals surface area contributed by atoms with E-state index in [0.717, 1.165) is 30.8 Å². The lowest BCUT2D eigenvalue weighted by Gasteiger charge is -2.26. The molecule has 0 fully saturated rings. The van der Waals surface area contributed by atoms with Gasteiger partial charge in [0, 0.05) is 24.8 Å². The number of hydrogen-bond acceptors (Lipinski definition) is 3. The van der Waals surface area contributed by atoms with E-state index in [-0.39, 0.29) is 11.9 Å². The van der Waals surface area contributed by atoms with Gasteiger partial charge in [0.2, 0.25) is 0 Å². The Labute approximate surface area is 128 Å². The zero-order valence-electron chi connectivity index (χ0n) is 13.9. The number of nitrogens with zero attached hydrogens (tertiary/aromatic N) is 1. The largest absolute Gasteiger partial charge is 0.384 e. The van der Waals surface area contributed by atoms with E-state index in [0.29, 0.717) is 5.92 Å². The van der Waals surface area contributed by atoms with E-state index >= 15 is 0 Å². The highest BCUT2D eigenvalue weighted by molar-refractivity contribution is 5.99. The van der Waals surface area contributed by atoms with Crippen molar-refractivity contribution in [2.45, 2.75) is 33.2 Å². The molecule has 0 heterocycles. The topological polar surface area (TPSA) is 44.4 Å². The summed E-state index contributed by atoms with van der Waals surface area (Å²) in [7, 11) is 4.05. The average Bonchev–Trinajstić information content (AvgIpc) is 2.44. The van der Waals surface area contributed by atoms with Gasteiger partial charge >= 0.3 is 0 Å². The van der Waals surface area contributed by atoms with Gasteiger partial charge in [0.15, 0.2) is 0 Å². The van der Waals surface area contributed by atoms with Crippen LogP contribution in [-0.2, 0) is 0 Å². The van der Waals surface area contributed by atoms with E-state index in [4.69, 9.17) is 0 Å². The lowest BCUT2D eigenvalue weighted by Crippen LogP contribution is -2.45.